The molecular weight excluding hydrogens is 398 g/mol. The van der Waals surface area contributed by atoms with E-state index in [-0.39, 0.29) is 30.5 Å². The van der Waals surface area contributed by atoms with Crippen LogP contribution in [0.15, 0.2) is 11.4 Å². The summed E-state index contributed by atoms with van der Waals surface area (Å²) in [6.45, 7) is 6.45. The first-order chi connectivity index (χ1) is 13.3. The van der Waals surface area contributed by atoms with Crippen molar-refractivity contribution in [3.63, 3.8) is 0 Å². The molecule has 9 heteroatoms. The Morgan fingerprint density at radius 1 is 1.25 bits per heavy atom. The van der Waals surface area contributed by atoms with Gasteiger partial charge >= 0.3 is 5.97 Å². The molecule has 7 nitrogen and oxygen atoms in total. The molecule has 152 valence electrons. The Hall–Kier alpha value is -2.23. The summed E-state index contributed by atoms with van der Waals surface area (Å²) in [6, 6.07) is 2.05. The van der Waals surface area contributed by atoms with Crippen LogP contribution in [-0.4, -0.2) is 49.9 Å². The molecule has 0 aliphatic rings. The van der Waals surface area contributed by atoms with Crippen LogP contribution >= 0.6 is 22.7 Å². The third-order valence-electron chi connectivity index (χ3n) is 4.11. The lowest BCUT2D eigenvalue weighted by Gasteiger charge is -2.16. The lowest BCUT2D eigenvalue weighted by Crippen LogP contribution is -2.30. The fourth-order valence-electron chi connectivity index (χ4n) is 2.66. The van der Waals surface area contributed by atoms with E-state index in [0.29, 0.717) is 22.0 Å². The van der Waals surface area contributed by atoms with Crippen LogP contribution in [0.2, 0.25) is 0 Å². The third-order valence-corrected chi connectivity index (χ3v) is 6.32. The molecule has 0 fully saturated rings. The van der Waals surface area contributed by atoms with Crippen molar-refractivity contribution >= 4 is 45.5 Å². The van der Waals surface area contributed by atoms with Crippen molar-refractivity contribution in [3.05, 3.63) is 37.9 Å². The molecule has 0 atom stereocenters. The number of amides is 2. The van der Waals surface area contributed by atoms with Crippen molar-refractivity contribution in [3.8, 4) is 0 Å². The quantitative estimate of drug-likeness (QED) is 0.637. The van der Waals surface area contributed by atoms with Crippen molar-refractivity contribution in [1.29, 1.82) is 0 Å². The number of rotatable bonds is 8. The van der Waals surface area contributed by atoms with Crippen LogP contribution in [0.4, 0.5) is 5.00 Å². The molecular formula is C19H25N3O4S2. The number of nitrogens with one attached hydrogen (secondary N) is 2. The predicted octanol–water partition coefficient (Wildman–Crippen LogP) is 3.03. The van der Waals surface area contributed by atoms with Gasteiger partial charge in [-0.25, -0.2) is 4.79 Å². The second-order valence-electron chi connectivity index (χ2n) is 6.31. The molecule has 0 aliphatic heterocycles. The Balaban J connectivity index is 2.16. The Kier molecular flexibility index (Phi) is 7.73. The average Bonchev–Trinajstić information content (AvgIpc) is 3.17. The number of hydrogen-bond donors (Lipinski definition) is 2. The van der Waals surface area contributed by atoms with Crippen LogP contribution in [0.25, 0.3) is 0 Å². The van der Waals surface area contributed by atoms with Gasteiger partial charge in [0.2, 0.25) is 5.91 Å². The summed E-state index contributed by atoms with van der Waals surface area (Å²) in [5.74, 6) is -1.12. The highest BCUT2D eigenvalue weighted by atomic mass is 32.1. The predicted molar refractivity (Wildman–Crippen MR) is 112 cm³/mol. The SMILES string of the molecule is CCOC(=O)c1c(NC(=O)CN(C)Cc2sccc2C)sc(C(=O)NC)c1C. The van der Waals surface area contributed by atoms with E-state index in [1.807, 2.05) is 30.3 Å². The number of likely N-dealkylation sites (N-methyl/N-ethyl adjacent to an activating group) is 1. The van der Waals surface area contributed by atoms with E-state index in [4.69, 9.17) is 4.74 Å². The Morgan fingerprint density at radius 2 is 1.96 bits per heavy atom. The molecule has 0 aromatic carbocycles. The zero-order valence-corrected chi connectivity index (χ0v) is 18.3. The summed E-state index contributed by atoms with van der Waals surface area (Å²) in [6.07, 6.45) is 0. The monoisotopic (exact) mass is 423 g/mol. The van der Waals surface area contributed by atoms with Crippen molar-refractivity contribution in [2.75, 3.05) is 32.6 Å². The van der Waals surface area contributed by atoms with Crippen molar-refractivity contribution in [2.24, 2.45) is 0 Å². The molecule has 0 aliphatic carbocycles. The summed E-state index contributed by atoms with van der Waals surface area (Å²) >= 11 is 2.73. The molecule has 2 aromatic heterocycles. The Morgan fingerprint density at radius 3 is 2.54 bits per heavy atom. The summed E-state index contributed by atoms with van der Waals surface area (Å²) in [5.41, 5.74) is 1.93. The summed E-state index contributed by atoms with van der Waals surface area (Å²) in [4.78, 5) is 40.5. The molecule has 0 radical (unpaired) electrons. The highest BCUT2D eigenvalue weighted by molar-refractivity contribution is 7.18. The zero-order valence-electron chi connectivity index (χ0n) is 16.7. The minimum absolute atomic E-state index is 0.159. The maximum atomic E-state index is 12.5. The van der Waals surface area contributed by atoms with Crippen LogP contribution in [0.5, 0.6) is 0 Å². The smallest absolute Gasteiger partial charge is 0.341 e. The maximum absolute atomic E-state index is 12.5. The van der Waals surface area contributed by atoms with Crippen LogP contribution in [0, 0.1) is 13.8 Å². The van der Waals surface area contributed by atoms with E-state index >= 15 is 0 Å². The molecule has 0 unspecified atom stereocenters. The largest absolute Gasteiger partial charge is 0.462 e. The van der Waals surface area contributed by atoms with Gasteiger partial charge in [0.25, 0.3) is 5.91 Å². The third kappa shape index (κ3) is 5.18. The molecule has 2 aromatic rings. The van der Waals surface area contributed by atoms with Gasteiger partial charge in [0, 0.05) is 18.5 Å². The number of nitrogens with zero attached hydrogens (tertiary/aromatic N) is 1. The average molecular weight is 424 g/mol. The van der Waals surface area contributed by atoms with Crippen LogP contribution < -0.4 is 10.6 Å². The first kappa shape index (κ1) is 22.1. The molecule has 2 N–H and O–H groups in total. The van der Waals surface area contributed by atoms with Crippen molar-refractivity contribution in [2.45, 2.75) is 27.3 Å². The van der Waals surface area contributed by atoms with Gasteiger partial charge in [0.15, 0.2) is 0 Å². The second-order valence-corrected chi connectivity index (χ2v) is 8.33. The molecule has 0 bridgehead atoms. The fourth-order valence-corrected chi connectivity index (χ4v) is 4.80. The van der Waals surface area contributed by atoms with Crippen LogP contribution in [0.1, 0.15) is 43.0 Å². The summed E-state index contributed by atoms with van der Waals surface area (Å²) in [7, 11) is 3.38. The second kappa shape index (κ2) is 9.81. The number of hydrogen-bond acceptors (Lipinski definition) is 7. The van der Waals surface area contributed by atoms with Gasteiger partial charge in [-0.1, -0.05) is 0 Å². The molecule has 2 amide bonds. The van der Waals surface area contributed by atoms with Gasteiger partial charge in [-0.05, 0) is 50.4 Å². The van der Waals surface area contributed by atoms with E-state index < -0.39 is 5.97 Å². The van der Waals surface area contributed by atoms with E-state index in [0.717, 1.165) is 11.3 Å². The number of carbonyl (C=O) groups excluding carboxylic acids is 3. The van der Waals surface area contributed by atoms with Gasteiger partial charge < -0.3 is 15.4 Å². The maximum Gasteiger partial charge on any atom is 0.341 e. The van der Waals surface area contributed by atoms with Crippen molar-refractivity contribution < 1.29 is 19.1 Å². The lowest BCUT2D eigenvalue weighted by atomic mass is 10.1. The molecule has 2 heterocycles. The van der Waals surface area contributed by atoms with Crippen LogP contribution in [0.3, 0.4) is 0 Å². The molecule has 0 spiro atoms. The minimum atomic E-state index is -0.552. The number of carbonyl (C=O) groups is 3. The van der Waals surface area contributed by atoms with E-state index in [1.54, 1.807) is 25.2 Å². The van der Waals surface area contributed by atoms with Crippen LogP contribution in [-0.2, 0) is 16.1 Å². The summed E-state index contributed by atoms with van der Waals surface area (Å²) < 4.78 is 5.10. The number of thiophene rings is 2. The van der Waals surface area contributed by atoms with E-state index in [1.165, 1.54) is 17.5 Å². The number of esters is 1. The normalized spacial score (nSPS) is 10.8. The summed E-state index contributed by atoms with van der Waals surface area (Å²) in [5, 5.41) is 7.68. The highest BCUT2D eigenvalue weighted by Crippen LogP contribution is 2.33. The molecule has 28 heavy (non-hydrogen) atoms. The topological polar surface area (TPSA) is 87.7 Å². The molecule has 0 saturated heterocycles. The number of anilines is 1. The van der Waals surface area contributed by atoms with Gasteiger partial charge in [-0.2, -0.15) is 0 Å². The highest BCUT2D eigenvalue weighted by Gasteiger charge is 2.26. The molecule has 0 saturated carbocycles. The zero-order chi connectivity index (χ0) is 20.8. The van der Waals surface area contributed by atoms with Crippen molar-refractivity contribution in [1.82, 2.24) is 10.2 Å². The van der Waals surface area contributed by atoms with Gasteiger partial charge in [0.1, 0.15) is 5.00 Å². The first-order valence-electron chi connectivity index (χ1n) is 8.82. The standard InChI is InChI=1S/C19H25N3O4S2/c1-6-26-19(25)15-12(3)16(17(24)20-4)28-18(15)21-14(23)10-22(5)9-13-11(2)7-8-27-13/h7-8H,6,9-10H2,1-5H3,(H,20,24)(H,21,23). The fraction of sp³-hybridized carbons (Fsp3) is 0.421. The van der Waals surface area contributed by atoms with Gasteiger partial charge in [0.05, 0.1) is 23.6 Å². The number of ether oxygens (including phenoxy) is 1. The van der Waals surface area contributed by atoms with E-state index in [9.17, 15) is 14.4 Å². The van der Waals surface area contributed by atoms with Gasteiger partial charge in [-0.3, -0.25) is 14.5 Å². The minimum Gasteiger partial charge on any atom is -0.462 e. The first-order valence-corrected chi connectivity index (χ1v) is 10.5. The molecule has 2 rings (SSSR count). The Bertz CT molecular complexity index is 873. The lowest BCUT2D eigenvalue weighted by molar-refractivity contribution is -0.117. The van der Waals surface area contributed by atoms with E-state index in [2.05, 4.69) is 10.6 Å². The van der Waals surface area contributed by atoms with Gasteiger partial charge in [-0.15, -0.1) is 22.7 Å². The number of aryl methyl sites for hydroxylation is 1. The Labute approximate surface area is 172 Å².